The summed E-state index contributed by atoms with van der Waals surface area (Å²) in [5, 5.41) is 13.4. The highest BCUT2D eigenvalue weighted by molar-refractivity contribution is 6.38. The van der Waals surface area contributed by atoms with Gasteiger partial charge in [-0.2, -0.15) is 23.5 Å². The molecule has 176 valence electrons. The Morgan fingerprint density at radius 1 is 1.33 bits per heavy atom. The number of aromatic nitrogens is 2. The van der Waals surface area contributed by atoms with E-state index in [4.69, 9.17) is 27.9 Å². The Labute approximate surface area is 198 Å². The molecule has 0 amide bonds. The number of hydrogen-bond acceptors (Lipinski definition) is 5. The monoisotopic (exact) mass is 501 g/mol. The van der Waals surface area contributed by atoms with E-state index in [2.05, 4.69) is 10.1 Å². The molecule has 0 radical (unpaired) electrons. The van der Waals surface area contributed by atoms with Crippen molar-refractivity contribution in [3.63, 3.8) is 0 Å². The molecule has 1 fully saturated rings. The van der Waals surface area contributed by atoms with E-state index in [9.17, 15) is 23.2 Å². The van der Waals surface area contributed by atoms with E-state index in [1.54, 1.807) is 19.0 Å². The molecular formula is C21H20Cl2F3N5O2. The van der Waals surface area contributed by atoms with Crippen LogP contribution in [0, 0.1) is 16.7 Å². The van der Waals surface area contributed by atoms with Crippen molar-refractivity contribution in [2.75, 3.05) is 21.2 Å². The maximum Gasteiger partial charge on any atom is 0.416 e. The molecule has 33 heavy (non-hydrogen) atoms. The van der Waals surface area contributed by atoms with Gasteiger partial charge in [-0.1, -0.05) is 37.0 Å². The summed E-state index contributed by atoms with van der Waals surface area (Å²) in [6, 6.07) is 3.39. The van der Waals surface area contributed by atoms with Gasteiger partial charge in [0.1, 0.15) is 17.2 Å². The van der Waals surface area contributed by atoms with Gasteiger partial charge in [0, 0.05) is 14.1 Å². The molecular weight excluding hydrogens is 482 g/mol. The van der Waals surface area contributed by atoms with Gasteiger partial charge in [0.05, 0.1) is 34.6 Å². The van der Waals surface area contributed by atoms with Gasteiger partial charge in [0.15, 0.2) is 11.5 Å². The van der Waals surface area contributed by atoms with Crippen LogP contribution in [0.3, 0.4) is 0 Å². The molecule has 1 aliphatic rings. The van der Waals surface area contributed by atoms with Crippen molar-refractivity contribution in [3.8, 4) is 11.8 Å². The molecule has 1 saturated carbocycles. The number of carbonyl (C=O) groups excluding carboxylic acids is 1. The van der Waals surface area contributed by atoms with Crippen molar-refractivity contribution in [3.05, 3.63) is 39.0 Å². The summed E-state index contributed by atoms with van der Waals surface area (Å²) in [7, 11) is 4.63. The van der Waals surface area contributed by atoms with Gasteiger partial charge in [-0.25, -0.2) is 9.67 Å². The number of nitrogens with zero attached hydrogens (tertiary/aromatic N) is 5. The van der Waals surface area contributed by atoms with Crippen molar-refractivity contribution in [1.82, 2.24) is 14.7 Å². The third kappa shape index (κ3) is 4.04. The fourth-order valence-electron chi connectivity index (χ4n) is 3.93. The zero-order valence-corrected chi connectivity index (χ0v) is 19.9. The Morgan fingerprint density at radius 2 is 1.88 bits per heavy atom. The molecule has 12 heteroatoms. The Hall–Kier alpha value is -2.77. The van der Waals surface area contributed by atoms with E-state index in [1.807, 2.05) is 19.9 Å². The number of alkyl halides is 3. The molecule has 1 heterocycles. The van der Waals surface area contributed by atoms with Crippen molar-refractivity contribution in [2.45, 2.75) is 31.9 Å². The molecule has 0 saturated heterocycles. The number of ether oxygens (including phenoxy) is 1. The van der Waals surface area contributed by atoms with E-state index < -0.39 is 28.5 Å². The molecule has 1 aliphatic carbocycles. The SMILES string of the molecule is COC(=O)C1(c2c(C#N)nn(-c3c(Cl)cc(C(F)(F)F)cc3Cl)c2N=CN(C)C)CC1(C)C. The first-order valence-electron chi connectivity index (χ1n) is 9.60. The average molecular weight is 502 g/mol. The number of methoxy groups -OCH3 is 1. The zero-order chi connectivity index (χ0) is 24.9. The smallest absolute Gasteiger partial charge is 0.416 e. The lowest BCUT2D eigenvalue weighted by atomic mass is 9.87. The third-order valence-corrected chi connectivity index (χ3v) is 6.21. The summed E-state index contributed by atoms with van der Waals surface area (Å²) in [6.07, 6.45) is -2.91. The Balaban J connectivity index is 2.39. The summed E-state index contributed by atoms with van der Waals surface area (Å²) in [5.74, 6) is -0.533. The Bertz CT molecular complexity index is 1170. The largest absolute Gasteiger partial charge is 0.468 e. The lowest BCUT2D eigenvalue weighted by Gasteiger charge is -2.19. The van der Waals surface area contributed by atoms with Crippen LogP contribution in [0.1, 0.15) is 37.1 Å². The van der Waals surface area contributed by atoms with Gasteiger partial charge in [0.2, 0.25) is 0 Å². The van der Waals surface area contributed by atoms with Crippen LogP contribution in [0.15, 0.2) is 17.1 Å². The fourth-order valence-corrected chi connectivity index (χ4v) is 4.57. The number of esters is 1. The van der Waals surface area contributed by atoms with E-state index in [-0.39, 0.29) is 32.8 Å². The number of benzene rings is 1. The molecule has 1 aromatic heterocycles. The highest BCUT2D eigenvalue weighted by Gasteiger charge is 2.70. The second-order valence-electron chi connectivity index (χ2n) is 8.52. The number of halogens is 5. The first-order chi connectivity index (χ1) is 15.2. The highest BCUT2D eigenvalue weighted by atomic mass is 35.5. The van der Waals surface area contributed by atoms with Crippen LogP contribution in [0.25, 0.3) is 5.69 Å². The molecule has 0 bridgehead atoms. The van der Waals surface area contributed by atoms with Gasteiger partial charge in [0.25, 0.3) is 0 Å². The molecule has 0 N–H and O–H groups in total. The minimum atomic E-state index is -4.67. The maximum absolute atomic E-state index is 13.2. The quantitative estimate of drug-likeness (QED) is 0.322. The summed E-state index contributed by atoms with van der Waals surface area (Å²) in [4.78, 5) is 18.9. The maximum atomic E-state index is 13.2. The van der Waals surface area contributed by atoms with Gasteiger partial charge in [-0.15, -0.1) is 0 Å². The minimum Gasteiger partial charge on any atom is -0.468 e. The Morgan fingerprint density at radius 3 is 2.27 bits per heavy atom. The average Bonchev–Trinajstić information content (AvgIpc) is 3.11. The number of rotatable bonds is 5. The van der Waals surface area contributed by atoms with E-state index in [0.29, 0.717) is 18.6 Å². The normalized spacial score (nSPS) is 19.4. The summed E-state index contributed by atoms with van der Waals surface area (Å²) in [5.41, 5.74) is -2.89. The third-order valence-electron chi connectivity index (χ3n) is 5.63. The van der Waals surface area contributed by atoms with Gasteiger partial charge >= 0.3 is 12.1 Å². The van der Waals surface area contributed by atoms with Gasteiger partial charge < -0.3 is 9.64 Å². The highest BCUT2D eigenvalue weighted by Crippen LogP contribution is 2.67. The van der Waals surface area contributed by atoms with Crippen molar-refractivity contribution in [1.29, 1.82) is 5.26 Å². The van der Waals surface area contributed by atoms with Crippen LogP contribution in [0.5, 0.6) is 0 Å². The molecule has 0 aliphatic heterocycles. The van der Waals surface area contributed by atoms with Crippen LogP contribution in [0.2, 0.25) is 10.0 Å². The number of carbonyl (C=O) groups is 1. The second kappa shape index (κ2) is 8.22. The van der Waals surface area contributed by atoms with E-state index in [1.165, 1.54) is 13.4 Å². The van der Waals surface area contributed by atoms with Gasteiger partial charge in [-0.05, 0) is 24.0 Å². The van der Waals surface area contributed by atoms with E-state index in [0.717, 1.165) is 4.68 Å². The summed E-state index contributed by atoms with van der Waals surface area (Å²) in [6.45, 7) is 3.67. The summed E-state index contributed by atoms with van der Waals surface area (Å²) < 4.78 is 45.8. The first-order valence-corrected chi connectivity index (χ1v) is 10.4. The van der Waals surface area contributed by atoms with Crippen LogP contribution in [-0.4, -0.2) is 48.2 Å². The zero-order valence-electron chi connectivity index (χ0n) is 18.4. The van der Waals surface area contributed by atoms with E-state index >= 15 is 0 Å². The molecule has 1 aromatic carbocycles. The molecule has 7 nitrogen and oxygen atoms in total. The molecule has 3 rings (SSSR count). The van der Waals surface area contributed by atoms with Crippen LogP contribution >= 0.6 is 23.2 Å². The molecule has 2 aromatic rings. The van der Waals surface area contributed by atoms with Gasteiger partial charge in [-0.3, -0.25) is 4.79 Å². The predicted molar refractivity (Wildman–Crippen MR) is 117 cm³/mol. The van der Waals surface area contributed by atoms with Crippen LogP contribution < -0.4 is 0 Å². The molecule has 1 atom stereocenters. The second-order valence-corrected chi connectivity index (χ2v) is 9.34. The van der Waals surface area contributed by atoms with Crippen LogP contribution in [-0.2, 0) is 21.1 Å². The van der Waals surface area contributed by atoms with Crippen molar-refractivity contribution >= 4 is 41.3 Å². The lowest BCUT2D eigenvalue weighted by molar-refractivity contribution is -0.144. The Kier molecular flexibility index (Phi) is 6.19. The topological polar surface area (TPSA) is 83.5 Å². The molecule has 0 spiro atoms. The number of nitriles is 1. The number of aliphatic imine (C=N–C) groups is 1. The number of hydrogen-bond donors (Lipinski definition) is 0. The summed E-state index contributed by atoms with van der Waals surface area (Å²) >= 11 is 12.4. The molecule has 1 unspecified atom stereocenters. The lowest BCUT2D eigenvalue weighted by Crippen LogP contribution is -2.28. The van der Waals surface area contributed by atoms with Crippen molar-refractivity contribution < 1.29 is 22.7 Å². The predicted octanol–water partition coefficient (Wildman–Crippen LogP) is 5.13. The van der Waals surface area contributed by atoms with Crippen LogP contribution in [0.4, 0.5) is 19.0 Å². The first kappa shape index (κ1) is 24.9. The standard InChI is InChI=1S/C21H20Cl2F3N5O2/c1-19(2)9-20(19,18(32)33-5)15-14(8-27)29-31(17(15)28-10-30(3)4)16-12(22)6-11(7-13(16)23)21(24,25)26/h6-7,10H,9H2,1-5H3. The minimum absolute atomic E-state index is 0.0415. The van der Waals surface area contributed by atoms with Crippen molar-refractivity contribution in [2.24, 2.45) is 10.4 Å². The fraction of sp³-hybridized carbons (Fsp3) is 0.429.